The molecule has 1 atom stereocenters. The Morgan fingerprint density at radius 1 is 1.10 bits per heavy atom. The maximum absolute atomic E-state index is 13.8. The standard InChI is InChI=1S/C15H13F2NO2/c16-11-4-1-9(2-5-11)10-3-6-14(17)12(7-10)13(8-18)15(19)20/h1-7,13H,8,18H2,(H,19,20). The molecule has 0 saturated heterocycles. The van der Waals surface area contributed by atoms with E-state index < -0.39 is 17.7 Å². The van der Waals surface area contributed by atoms with Crippen molar-refractivity contribution in [3.05, 3.63) is 59.7 Å². The summed E-state index contributed by atoms with van der Waals surface area (Å²) >= 11 is 0. The Bertz CT molecular complexity index is 626. The maximum Gasteiger partial charge on any atom is 0.312 e. The fourth-order valence-corrected chi connectivity index (χ4v) is 1.99. The van der Waals surface area contributed by atoms with Gasteiger partial charge in [-0.3, -0.25) is 4.79 Å². The van der Waals surface area contributed by atoms with Crippen LogP contribution in [0.15, 0.2) is 42.5 Å². The van der Waals surface area contributed by atoms with Gasteiger partial charge in [-0.1, -0.05) is 18.2 Å². The molecule has 0 aromatic heterocycles. The number of halogens is 2. The molecule has 2 rings (SSSR count). The van der Waals surface area contributed by atoms with E-state index in [4.69, 9.17) is 10.8 Å². The first-order valence-electron chi connectivity index (χ1n) is 6.01. The molecule has 0 amide bonds. The van der Waals surface area contributed by atoms with E-state index in [0.29, 0.717) is 11.1 Å². The third-order valence-electron chi connectivity index (χ3n) is 3.08. The Morgan fingerprint density at radius 2 is 1.70 bits per heavy atom. The molecule has 0 aliphatic heterocycles. The molecule has 3 nitrogen and oxygen atoms in total. The zero-order valence-electron chi connectivity index (χ0n) is 10.5. The van der Waals surface area contributed by atoms with Gasteiger partial charge in [-0.05, 0) is 35.4 Å². The van der Waals surface area contributed by atoms with E-state index in [2.05, 4.69) is 0 Å². The van der Waals surface area contributed by atoms with Gasteiger partial charge in [0, 0.05) is 12.1 Å². The SMILES string of the molecule is NCC(C(=O)O)c1cc(-c2ccc(F)cc2)ccc1F. The molecule has 2 aromatic rings. The molecule has 5 heteroatoms. The highest BCUT2D eigenvalue weighted by Crippen LogP contribution is 2.26. The predicted molar refractivity (Wildman–Crippen MR) is 71.2 cm³/mol. The lowest BCUT2D eigenvalue weighted by Gasteiger charge is -2.13. The number of nitrogens with two attached hydrogens (primary N) is 1. The number of rotatable bonds is 4. The van der Waals surface area contributed by atoms with Gasteiger partial charge in [-0.15, -0.1) is 0 Å². The van der Waals surface area contributed by atoms with E-state index in [1.165, 1.54) is 30.3 Å². The van der Waals surface area contributed by atoms with Crippen molar-refractivity contribution in [1.29, 1.82) is 0 Å². The zero-order chi connectivity index (χ0) is 14.7. The van der Waals surface area contributed by atoms with Crippen LogP contribution >= 0.6 is 0 Å². The van der Waals surface area contributed by atoms with Crippen molar-refractivity contribution in [3.8, 4) is 11.1 Å². The first-order chi connectivity index (χ1) is 9.52. The van der Waals surface area contributed by atoms with Gasteiger partial charge in [0.25, 0.3) is 0 Å². The van der Waals surface area contributed by atoms with E-state index in [9.17, 15) is 13.6 Å². The smallest absolute Gasteiger partial charge is 0.312 e. The number of hydrogen-bond acceptors (Lipinski definition) is 2. The molecule has 0 heterocycles. The molecule has 0 aliphatic rings. The van der Waals surface area contributed by atoms with Gasteiger partial charge in [0.1, 0.15) is 11.6 Å². The summed E-state index contributed by atoms with van der Waals surface area (Å²) in [6.07, 6.45) is 0. The number of carbonyl (C=O) groups is 1. The highest BCUT2D eigenvalue weighted by molar-refractivity contribution is 5.77. The minimum atomic E-state index is -1.18. The van der Waals surface area contributed by atoms with Crippen molar-refractivity contribution in [2.24, 2.45) is 5.73 Å². The van der Waals surface area contributed by atoms with Crippen molar-refractivity contribution in [1.82, 2.24) is 0 Å². The second-order valence-corrected chi connectivity index (χ2v) is 4.37. The highest BCUT2D eigenvalue weighted by atomic mass is 19.1. The van der Waals surface area contributed by atoms with Crippen LogP contribution in [-0.4, -0.2) is 17.6 Å². The highest BCUT2D eigenvalue weighted by Gasteiger charge is 2.22. The first-order valence-corrected chi connectivity index (χ1v) is 6.01. The zero-order valence-corrected chi connectivity index (χ0v) is 10.5. The van der Waals surface area contributed by atoms with Gasteiger partial charge in [0.15, 0.2) is 0 Å². The van der Waals surface area contributed by atoms with E-state index in [-0.39, 0.29) is 17.9 Å². The van der Waals surface area contributed by atoms with Crippen LogP contribution in [0.5, 0.6) is 0 Å². The molecule has 1 unspecified atom stereocenters. The van der Waals surface area contributed by atoms with E-state index in [1.807, 2.05) is 0 Å². The Kier molecular flexibility index (Phi) is 4.10. The summed E-state index contributed by atoms with van der Waals surface area (Å²) in [7, 11) is 0. The fraction of sp³-hybridized carbons (Fsp3) is 0.133. The molecule has 0 radical (unpaired) electrons. The van der Waals surface area contributed by atoms with Gasteiger partial charge in [0.2, 0.25) is 0 Å². The number of aliphatic carboxylic acids is 1. The van der Waals surface area contributed by atoms with Crippen molar-refractivity contribution in [2.45, 2.75) is 5.92 Å². The minimum absolute atomic E-state index is 0.0295. The number of hydrogen-bond donors (Lipinski definition) is 2. The van der Waals surface area contributed by atoms with Gasteiger partial charge in [-0.25, -0.2) is 8.78 Å². The third-order valence-corrected chi connectivity index (χ3v) is 3.08. The summed E-state index contributed by atoms with van der Waals surface area (Å²) in [6, 6.07) is 9.82. The van der Waals surface area contributed by atoms with Gasteiger partial charge in [0.05, 0.1) is 5.92 Å². The van der Waals surface area contributed by atoms with Crippen LogP contribution in [0.4, 0.5) is 8.78 Å². The largest absolute Gasteiger partial charge is 0.481 e. The molecule has 0 spiro atoms. The second-order valence-electron chi connectivity index (χ2n) is 4.37. The number of carboxylic acid groups (broad SMARTS) is 1. The summed E-state index contributed by atoms with van der Waals surface area (Å²) in [4.78, 5) is 11.1. The van der Waals surface area contributed by atoms with Crippen molar-refractivity contribution >= 4 is 5.97 Å². The molecule has 0 bridgehead atoms. The van der Waals surface area contributed by atoms with Crippen molar-refractivity contribution < 1.29 is 18.7 Å². The fourth-order valence-electron chi connectivity index (χ4n) is 1.99. The van der Waals surface area contributed by atoms with E-state index in [1.54, 1.807) is 12.1 Å². The number of benzene rings is 2. The molecule has 3 N–H and O–H groups in total. The summed E-state index contributed by atoms with van der Waals surface area (Å²) in [5, 5.41) is 9.05. The molecular weight excluding hydrogens is 264 g/mol. The van der Waals surface area contributed by atoms with Crippen LogP contribution in [0.3, 0.4) is 0 Å². The average molecular weight is 277 g/mol. The molecule has 0 saturated carbocycles. The van der Waals surface area contributed by atoms with Crippen LogP contribution in [0, 0.1) is 11.6 Å². The average Bonchev–Trinajstić information content (AvgIpc) is 2.42. The van der Waals surface area contributed by atoms with Crippen LogP contribution in [0.25, 0.3) is 11.1 Å². The van der Waals surface area contributed by atoms with E-state index >= 15 is 0 Å². The Hall–Kier alpha value is -2.27. The van der Waals surface area contributed by atoms with Crippen molar-refractivity contribution in [3.63, 3.8) is 0 Å². The third kappa shape index (κ3) is 2.83. The molecule has 104 valence electrons. The Morgan fingerprint density at radius 3 is 2.25 bits per heavy atom. The first kappa shape index (κ1) is 14.1. The molecule has 20 heavy (non-hydrogen) atoms. The lowest BCUT2D eigenvalue weighted by Crippen LogP contribution is -2.22. The monoisotopic (exact) mass is 277 g/mol. The van der Waals surface area contributed by atoms with E-state index in [0.717, 1.165) is 0 Å². The molecular formula is C15H13F2NO2. The summed E-state index contributed by atoms with van der Waals surface area (Å²) in [6.45, 7) is -0.195. The Balaban J connectivity index is 2.47. The molecule has 0 aliphatic carbocycles. The summed E-state index contributed by atoms with van der Waals surface area (Å²) in [5.41, 5.74) is 6.70. The van der Waals surface area contributed by atoms with Crippen LogP contribution in [0.1, 0.15) is 11.5 Å². The van der Waals surface area contributed by atoms with Gasteiger partial charge < -0.3 is 10.8 Å². The summed E-state index contributed by atoms with van der Waals surface area (Å²) in [5.74, 6) is -3.27. The second kappa shape index (κ2) is 5.79. The van der Waals surface area contributed by atoms with Gasteiger partial charge in [-0.2, -0.15) is 0 Å². The summed E-state index contributed by atoms with van der Waals surface area (Å²) < 4.78 is 26.6. The lowest BCUT2D eigenvalue weighted by molar-refractivity contribution is -0.138. The quantitative estimate of drug-likeness (QED) is 0.903. The maximum atomic E-state index is 13.8. The van der Waals surface area contributed by atoms with Crippen LogP contribution in [-0.2, 0) is 4.79 Å². The van der Waals surface area contributed by atoms with Crippen LogP contribution < -0.4 is 5.73 Å². The molecule has 2 aromatic carbocycles. The normalized spacial score (nSPS) is 12.2. The topological polar surface area (TPSA) is 63.3 Å². The minimum Gasteiger partial charge on any atom is -0.481 e. The number of carboxylic acids is 1. The predicted octanol–water partition coefficient (Wildman–Crippen LogP) is 2.76. The Labute approximate surface area is 114 Å². The lowest BCUT2D eigenvalue weighted by atomic mass is 9.94. The molecule has 0 fully saturated rings. The van der Waals surface area contributed by atoms with Crippen molar-refractivity contribution in [2.75, 3.05) is 6.54 Å². The van der Waals surface area contributed by atoms with Crippen LogP contribution in [0.2, 0.25) is 0 Å². The van der Waals surface area contributed by atoms with Gasteiger partial charge >= 0.3 is 5.97 Å².